The van der Waals surface area contributed by atoms with Crippen LogP contribution in [0.1, 0.15) is 15.9 Å². The maximum Gasteiger partial charge on any atom is 0.258 e. The largest absolute Gasteiger partial charge is 0.322 e. The molecule has 1 amide bonds. The predicted octanol–water partition coefficient (Wildman–Crippen LogP) is 3.95. The lowest BCUT2D eigenvalue weighted by atomic mass is 10.2. The molecule has 5 heteroatoms. The van der Waals surface area contributed by atoms with E-state index in [1.807, 2.05) is 13.0 Å². The average Bonchev–Trinajstić information content (AvgIpc) is 2.34. The smallest absolute Gasteiger partial charge is 0.258 e. The number of hydrogen-bond acceptors (Lipinski definition) is 2. The van der Waals surface area contributed by atoms with Crippen LogP contribution in [0.2, 0.25) is 10.2 Å². The lowest BCUT2D eigenvalue weighted by molar-refractivity contribution is 0.102. The summed E-state index contributed by atoms with van der Waals surface area (Å²) < 4.78 is 0. The van der Waals surface area contributed by atoms with Gasteiger partial charge in [-0.05, 0) is 36.8 Å². The van der Waals surface area contributed by atoms with E-state index >= 15 is 0 Å². The maximum absolute atomic E-state index is 12.0. The summed E-state index contributed by atoms with van der Waals surface area (Å²) in [5.41, 5.74) is 1.90. The normalized spacial score (nSPS) is 10.2. The Labute approximate surface area is 115 Å². The Morgan fingerprint density at radius 1 is 1.28 bits per heavy atom. The van der Waals surface area contributed by atoms with Gasteiger partial charge in [0.25, 0.3) is 5.91 Å². The van der Waals surface area contributed by atoms with E-state index in [9.17, 15) is 4.79 Å². The highest BCUT2D eigenvalue weighted by molar-refractivity contribution is 6.33. The number of aromatic nitrogens is 1. The SMILES string of the molecule is Cc1ccc(NC(=O)c2cccnc2Cl)cc1Cl. The van der Waals surface area contributed by atoms with Crippen LogP contribution in [0, 0.1) is 6.92 Å². The molecular formula is C13H10Cl2N2O. The minimum absolute atomic E-state index is 0.174. The van der Waals surface area contributed by atoms with E-state index in [0.717, 1.165) is 5.56 Å². The molecular weight excluding hydrogens is 271 g/mol. The molecule has 0 saturated heterocycles. The Hall–Kier alpha value is -1.58. The van der Waals surface area contributed by atoms with Gasteiger partial charge in [0.05, 0.1) is 5.56 Å². The molecule has 92 valence electrons. The summed E-state index contributed by atoms with van der Waals surface area (Å²) in [6.45, 7) is 1.89. The van der Waals surface area contributed by atoms with E-state index in [4.69, 9.17) is 23.2 Å². The van der Waals surface area contributed by atoms with Gasteiger partial charge in [-0.15, -0.1) is 0 Å². The van der Waals surface area contributed by atoms with Crippen molar-refractivity contribution in [2.24, 2.45) is 0 Å². The van der Waals surface area contributed by atoms with Crippen LogP contribution in [-0.4, -0.2) is 10.9 Å². The zero-order valence-electron chi connectivity index (χ0n) is 9.58. The second-order valence-corrected chi connectivity index (χ2v) is 4.53. The fourth-order valence-corrected chi connectivity index (χ4v) is 1.81. The number of hydrogen-bond donors (Lipinski definition) is 1. The van der Waals surface area contributed by atoms with Gasteiger partial charge >= 0.3 is 0 Å². The van der Waals surface area contributed by atoms with E-state index in [2.05, 4.69) is 10.3 Å². The van der Waals surface area contributed by atoms with Crippen LogP contribution in [-0.2, 0) is 0 Å². The van der Waals surface area contributed by atoms with Crippen LogP contribution < -0.4 is 5.32 Å². The predicted molar refractivity (Wildman–Crippen MR) is 73.4 cm³/mol. The average molecular weight is 281 g/mol. The van der Waals surface area contributed by atoms with Crippen LogP contribution in [0.4, 0.5) is 5.69 Å². The first-order chi connectivity index (χ1) is 8.58. The summed E-state index contributed by atoms with van der Waals surface area (Å²) >= 11 is 11.8. The third-order valence-electron chi connectivity index (χ3n) is 2.43. The van der Waals surface area contributed by atoms with Crippen molar-refractivity contribution in [1.29, 1.82) is 0 Å². The lowest BCUT2D eigenvalue weighted by Gasteiger charge is -2.07. The first-order valence-corrected chi connectivity index (χ1v) is 6.01. The van der Waals surface area contributed by atoms with Gasteiger partial charge < -0.3 is 5.32 Å². The Morgan fingerprint density at radius 3 is 2.72 bits per heavy atom. The lowest BCUT2D eigenvalue weighted by Crippen LogP contribution is -2.12. The third-order valence-corrected chi connectivity index (χ3v) is 3.14. The van der Waals surface area contributed by atoms with Gasteiger partial charge in [0.15, 0.2) is 0 Å². The third kappa shape index (κ3) is 2.81. The summed E-state index contributed by atoms with van der Waals surface area (Å²) in [4.78, 5) is 15.8. The molecule has 1 heterocycles. The fourth-order valence-electron chi connectivity index (χ4n) is 1.42. The molecule has 3 nitrogen and oxygen atoms in total. The number of nitrogens with one attached hydrogen (secondary N) is 1. The number of rotatable bonds is 2. The molecule has 0 spiro atoms. The Morgan fingerprint density at radius 2 is 2.06 bits per heavy atom. The van der Waals surface area contributed by atoms with Crippen LogP contribution >= 0.6 is 23.2 Å². The molecule has 0 aliphatic carbocycles. The number of anilines is 1. The monoisotopic (exact) mass is 280 g/mol. The van der Waals surface area contributed by atoms with Crippen LogP contribution in [0.5, 0.6) is 0 Å². The summed E-state index contributed by atoms with van der Waals surface area (Å²) in [5, 5.41) is 3.50. The van der Waals surface area contributed by atoms with E-state index < -0.39 is 0 Å². The van der Waals surface area contributed by atoms with Gasteiger partial charge in [0.1, 0.15) is 5.15 Å². The standard InChI is InChI=1S/C13H10Cl2N2O/c1-8-4-5-9(7-11(8)14)17-13(18)10-3-2-6-16-12(10)15/h2-7H,1H3,(H,17,18). The van der Waals surface area contributed by atoms with Crippen molar-refractivity contribution < 1.29 is 4.79 Å². The highest BCUT2D eigenvalue weighted by Gasteiger charge is 2.11. The topological polar surface area (TPSA) is 42.0 Å². The van der Waals surface area contributed by atoms with Crippen molar-refractivity contribution >= 4 is 34.8 Å². The number of amides is 1. The highest BCUT2D eigenvalue weighted by atomic mass is 35.5. The second-order valence-electron chi connectivity index (χ2n) is 3.76. The zero-order valence-corrected chi connectivity index (χ0v) is 11.1. The summed E-state index contributed by atoms with van der Waals surface area (Å²) in [6, 6.07) is 8.58. The summed E-state index contributed by atoms with van der Waals surface area (Å²) in [6.07, 6.45) is 1.53. The first-order valence-electron chi connectivity index (χ1n) is 5.26. The number of halogens is 2. The number of aryl methyl sites for hydroxylation is 1. The minimum atomic E-state index is -0.312. The molecule has 0 unspecified atom stereocenters. The van der Waals surface area contributed by atoms with Gasteiger partial charge in [-0.1, -0.05) is 29.3 Å². The van der Waals surface area contributed by atoms with Crippen molar-refractivity contribution in [3.8, 4) is 0 Å². The van der Waals surface area contributed by atoms with Gasteiger partial charge in [0.2, 0.25) is 0 Å². The maximum atomic E-state index is 12.0. The summed E-state index contributed by atoms with van der Waals surface area (Å²) in [5.74, 6) is -0.312. The zero-order chi connectivity index (χ0) is 13.1. The molecule has 2 rings (SSSR count). The Balaban J connectivity index is 2.22. The minimum Gasteiger partial charge on any atom is -0.322 e. The van der Waals surface area contributed by atoms with Crippen LogP contribution in [0.15, 0.2) is 36.5 Å². The van der Waals surface area contributed by atoms with Gasteiger partial charge in [-0.2, -0.15) is 0 Å². The number of nitrogens with zero attached hydrogens (tertiary/aromatic N) is 1. The summed E-state index contributed by atoms with van der Waals surface area (Å²) in [7, 11) is 0. The van der Waals surface area contributed by atoms with Crippen LogP contribution in [0.3, 0.4) is 0 Å². The molecule has 0 radical (unpaired) electrons. The second kappa shape index (κ2) is 5.38. The van der Waals surface area contributed by atoms with Gasteiger partial charge in [-0.25, -0.2) is 4.98 Å². The number of carbonyl (C=O) groups excluding carboxylic acids is 1. The molecule has 0 aliphatic heterocycles. The van der Waals surface area contributed by atoms with E-state index in [0.29, 0.717) is 16.3 Å². The highest BCUT2D eigenvalue weighted by Crippen LogP contribution is 2.21. The van der Waals surface area contributed by atoms with Crippen molar-refractivity contribution in [2.75, 3.05) is 5.32 Å². The molecule has 1 aromatic heterocycles. The molecule has 0 atom stereocenters. The van der Waals surface area contributed by atoms with Crippen molar-refractivity contribution in [2.45, 2.75) is 6.92 Å². The van der Waals surface area contributed by atoms with Crippen molar-refractivity contribution in [3.63, 3.8) is 0 Å². The Kier molecular flexibility index (Phi) is 3.84. The molecule has 0 aliphatic rings. The molecule has 18 heavy (non-hydrogen) atoms. The fraction of sp³-hybridized carbons (Fsp3) is 0.0769. The van der Waals surface area contributed by atoms with Gasteiger partial charge in [0, 0.05) is 16.9 Å². The molecule has 1 aromatic carbocycles. The van der Waals surface area contributed by atoms with E-state index in [1.54, 1.807) is 24.3 Å². The van der Waals surface area contributed by atoms with E-state index in [1.165, 1.54) is 6.20 Å². The number of benzene rings is 1. The molecule has 0 saturated carbocycles. The molecule has 2 aromatic rings. The van der Waals surface area contributed by atoms with Gasteiger partial charge in [-0.3, -0.25) is 4.79 Å². The molecule has 0 fully saturated rings. The number of pyridine rings is 1. The quantitative estimate of drug-likeness (QED) is 0.847. The van der Waals surface area contributed by atoms with E-state index in [-0.39, 0.29) is 11.1 Å². The molecule has 0 bridgehead atoms. The Bertz CT molecular complexity index is 599. The van der Waals surface area contributed by atoms with Crippen molar-refractivity contribution in [1.82, 2.24) is 4.98 Å². The molecule has 1 N–H and O–H groups in total. The number of carbonyl (C=O) groups is 1. The van der Waals surface area contributed by atoms with Crippen LogP contribution in [0.25, 0.3) is 0 Å². The first kappa shape index (κ1) is 12.9. The van der Waals surface area contributed by atoms with Crippen molar-refractivity contribution in [3.05, 3.63) is 57.8 Å².